The van der Waals surface area contributed by atoms with Gasteiger partial charge in [0.15, 0.2) is 5.82 Å². The molecule has 1 amide bonds. The standard InChI is InChI=1S/C29H29FN4O2/c1-20-8-10-22(11-9-20)18-34-26-7-3-2-6-25(26)32-27(29(34)36)33-16-4-5-23(19-33)28(35)31-17-21-12-14-24(30)15-13-21/h2-3,6-15,23H,4-5,16-19H2,1H3,(H,31,35)/t23-/m0/s1. The lowest BCUT2D eigenvalue weighted by Gasteiger charge is -2.32. The number of carbonyl (C=O) groups is 1. The molecule has 0 unspecified atom stereocenters. The Balaban J connectivity index is 1.38. The molecule has 0 saturated carbocycles. The Kier molecular flexibility index (Phi) is 6.80. The van der Waals surface area contributed by atoms with Gasteiger partial charge in [0.2, 0.25) is 5.91 Å². The van der Waals surface area contributed by atoms with Crippen LogP contribution in [0.4, 0.5) is 10.2 Å². The summed E-state index contributed by atoms with van der Waals surface area (Å²) in [5.74, 6) is -0.233. The number of para-hydroxylation sites is 2. The Morgan fingerprint density at radius 1 is 1.03 bits per heavy atom. The molecule has 0 bridgehead atoms. The normalized spacial score (nSPS) is 15.7. The van der Waals surface area contributed by atoms with Gasteiger partial charge in [-0.1, -0.05) is 54.1 Å². The van der Waals surface area contributed by atoms with Crippen LogP contribution in [-0.2, 0) is 17.9 Å². The van der Waals surface area contributed by atoms with Gasteiger partial charge in [0.1, 0.15) is 5.82 Å². The molecular weight excluding hydrogens is 455 g/mol. The zero-order valence-electron chi connectivity index (χ0n) is 20.3. The molecule has 1 aromatic heterocycles. The second-order valence-corrected chi connectivity index (χ2v) is 9.43. The van der Waals surface area contributed by atoms with Gasteiger partial charge in [-0.3, -0.25) is 14.2 Å². The van der Waals surface area contributed by atoms with E-state index in [1.165, 1.54) is 17.7 Å². The fourth-order valence-electron chi connectivity index (χ4n) is 4.74. The lowest BCUT2D eigenvalue weighted by atomic mass is 9.97. The highest BCUT2D eigenvalue weighted by molar-refractivity contribution is 5.80. The molecule has 0 spiro atoms. The first-order chi connectivity index (χ1) is 17.5. The summed E-state index contributed by atoms with van der Waals surface area (Å²) in [6, 6.07) is 21.9. The van der Waals surface area contributed by atoms with E-state index in [4.69, 9.17) is 4.98 Å². The van der Waals surface area contributed by atoms with Crippen molar-refractivity contribution >= 4 is 22.8 Å². The van der Waals surface area contributed by atoms with Crippen LogP contribution in [0.1, 0.15) is 29.5 Å². The maximum absolute atomic E-state index is 13.7. The van der Waals surface area contributed by atoms with Crippen molar-refractivity contribution in [1.29, 1.82) is 0 Å². The number of nitrogens with zero attached hydrogens (tertiary/aromatic N) is 3. The SMILES string of the molecule is Cc1ccc(Cn2c(=O)c(N3CCC[C@H](C(=O)NCc4ccc(F)cc4)C3)nc3ccccc32)cc1. The number of benzene rings is 3. The van der Waals surface area contributed by atoms with Crippen LogP contribution in [0.25, 0.3) is 11.0 Å². The number of aromatic nitrogens is 2. The monoisotopic (exact) mass is 484 g/mol. The van der Waals surface area contributed by atoms with Gasteiger partial charge in [0.25, 0.3) is 5.56 Å². The summed E-state index contributed by atoms with van der Waals surface area (Å²) < 4.78 is 14.9. The highest BCUT2D eigenvalue weighted by atomic mass is 19.1. The second kappa shape index (κ2) is 10.3. The Bertz CT molecular complexity index is 1430. The number of halogens is 1. The molecule has 1 N–H and O–H groups in total. The van der Waals surface area contributed by atoms with Crippen molar-refractivity contribution in [1.82, 2.24) is 14.9 Å². The van der Waals surface area contributed by atoms with Crippen LogP contribution in [0.5, 0.6) is 0 Å². The zero-order valence-corrected chi connectivity index (χ0v) is 20.3. The number of amides is 1. The summed E-state index contributed by atoms with van der Waals surface area (Å²) >= 11 is 0. The van der Waals surface area contributed by atoms with Crippen molar-refractivity contribution in [3.63, 3.8) is 0 Å². The number of hydrogen-bond donors (Lipinski definition) is 1. The first-order valence-corrected chi connectivity index (χ1v) is 12.3. The molecule has 1 atom stereocenters. The molecule has 0 aliphatic carbocycles. The zero-order chi connectivity index (χ0) is 25.1. The summed E-state index contributed by atoms with van der Waals surface area (Å²) in [6.07, 6.45) is 1.54. The molecule has 1 aliphatic rings. The summed E-state index contributed by atoms with van der Waals surface area (Å²) in [7, 11) is 0. The molecule has 0 radical (unpaired) electrons. The number of rotatable bonds is 6. The van der Waals surface area contributed by atoms with E-state index in [0.29, 0.717) is 32.0 Å². The molecule has 1 saturated heterocycles. The average molecular weight is 485 g/mol. The summed E-state index contributed by atoms with van der Waals surface area (Å²) in [5, 5.41) is 2.96. The van der Waals surface area contributed by atoms with Crippen LogP contribution >= 0.6 is 0 Å². The molecule has 2 heterocycles. The predicted octanol–water partition coefficient (Wildman–Crippen LogP) is 4.43. The van der Waals surface area contributed by atoms with E-state index in [0.717, 1.165) is 35.0 Å². The smallest absolute Gasteiger partial charge is 0.294 e. The fraction of sp³-hybridized carbons (Fsp3) is 0.276. The lowest BCUT2D eigenvalue weighted by molar-refractivity contribution is -0.125. The highest BCUT2D eigenvalue weighted by Gasteiger charge is 2.28. The molecule has 1 fully saturated rings. The molecule has 1 aliphatic heterocycles. The van der Waals surface area contributed by atoms with Crippen LogP contribution in [0.2, 0.25) is 0 Å². The summed E-state index contributed by atoms with van der Waals surface area (Å²) in [6.45, 7) is 3.93. The van der Waals surface area contributed by atoms with Crippen molar-refractivity contribution in [2.24, 2.45) is 5.92 Å². The van der Waals surface area contributed by atoms with Gasteiger partial charge in [-0.15, -0.1) is 0 Å². The predicted molar refractivity (Wildman–Crippen MR) is 139 cm³/mol. The van der Waals surface area contributed by atoms with Crippen molar-refractivity contribution in [3.8, 4) is 0 Å². The molecule has 184 valence electrons. The van der Waals surface area contributed by atoms with Crippen molar-refractivity contribution in [2.75, 3.05) is 18.0 Å². The van der Waals surface area contributed by atoms with E-state index in [1.807, 2.05) is 60.4 Å². The van der Waals surface area contributed by atoms with Gasteiger partial charge in [0.05, 0.1) is 23.5 Å². The van der Waals surface area contributed by atoms with E-state index in [2.05, 4.69) is 5.32 Å². The van der Waals surface area contributed by atoms with Crippen molar-refractivity contribution in [2.45, 2.75) is 32.9 Å². The quantitative estimate of drug-likeness (QED) is 0.440. The van der Waals surface area contributed by atoms with E-state index >= 15 is 0 Å². The molecule has 4 aromatic rings. The number of piperidine rings is 1. The average Bonchev–Trinajstić information content (AvgIpc) is 2.91. The Labute approximate surface area is 209 Å². The van der Waals surface area contributed by atoms with Gasteiger partial charge in [0, 0.05) is 19.6 Å². The van der Waals surface area contributed by atoms with Gasteiger partial charge >= 0.3 is 0 Å². The number of carbonyl (C=O) groups excluding carboxylic acids is 1. The van der Waals surface area contributed by atoms with Crippen molar-refractivity contribution in [3.05, 3.63) is 106 Å². The van der Waals surface area contributed by atoms with Gasteiger partial charge in [-0.25, -0.2) is 9.37 Å². The third kappa shape index (κ3) is 5.15. The van der Waals surface area contributed by atoms with E-state index in [1.54, 1.807) is 16.7 Å². The van der Waals surface area contributed by atoms with Gasteiger partial charge in [-0.05, 0) is 55.2 Å². The largest absolute Gasteiger partial charge is 0.352 e. The minimum Gasteiger partial charge on any atom is -0.352 e. The maximum atomic E-state index is 13.7. The van der Waals surface area contributed by atoms with E-state index < -0.39 is 0 Å². The minimum absolute atomic E-state index is 0.0650. The topological polar surface area (TPSA) is 67.2 Å². The number of hydrogen-bond acceptors (Lipinski definition) is 4. The van der Waals surface area contributed by atoms with Gasteiger partial charge in [-0.2, -0.15) is 0 Å². The van der Waals surface area contributed by atoms with Crippen LogP contribution in [0, 0.1) is 18.7 Å². The Hall–Kier alpha value is -4.00. The number of fused-ring (bicyclic) bond motifs is 1. The number of nitrogens with one attached hydrogen (secondary N) is 1. The molecule has 36 heavy (non-hydrogen) atoms. The second-order valence-electron chi connectivity index (χ2n) is 9.43. The van der Waals surface area contributed by atoms with E-state index in [9.17, 15) is 14.0 Å². The van der Waals surface area contributed by atoms with E-state index in [-0.39, 0.29) is 23.2 Å². The summed E-state index contributed by atoms with van der Waals surface area (Å²) in [5.41, 5.74) is 4.44. The van der Waals surface area contributed by atoms with Gasteiger partial charge < -0.3 is 10.2 Å². The van der Waals surface area contributed by atoms with Crippen LogP contribution in [-0.4, -0.2) is 28.5 Å². The summed E-state index contributed by atoms with van der Waals surface area (Å²) in [4.78, 5) is 33.3. The number of aryl methyl sites for hydroxylation is 1. The highest BCUT2D eigenvalue weighted by Crippen LogP contribution is 2.22. The third-order valence-corrected chi connectivity index (χ3v) is 6.77. The number of anilines is 1. The van der Waals surface area contributed by atoms with Crippen LogP contribution in [0.15, 0.2) is 77.6 Å². The lowest BCUT2D eigenvalue weighted by Crippen LogP contribution is -2.45. The molecule has 3 aromatic carbocycles. The molecule has 6 nitrogen and oxygen atoms in total. The minimum atomic E-state index is -0.302. The Morgan fingerprint density at radius 3 is 2.53 bits per heavy atom. The first kappa shape index (κ1) is 23.7. The first-order valence-electron chi connectivity index (χ1n) is 12.3. The van der Waals surface area contributed by atoms with Crippen molar-refractivity contribution < 1.29 is 9.18 Å². The Morgan fingerprint density at radius 2 is 1.75 bits per heavy atom. The maximum Gasteiger partial charge on any atom is 0.294 e. The molecule has 7 heteroatoms. The van der Waals surface area contributed by atoms with Crippen LogP contribution in [0.3, 0.4) is 0 Å². The van der Waals surface area contributed by atoms with Crippen LogP contribution < -0.4 is 15.8 Å². The third-order valence-electron chi connectivity index (χ3n) is 6.77. The molecule has 5 rings (SSSR count). The molecular formula is C29H29FN4O2. The fourth-order valence-corrected chi connectivity index (χ4v) is 4.74.